The number of methoxy groups -OCH3 is 1. The molecule has 0 unspecified atom stereocenters. The first kappa shape index (κ1) is 11.1. The number of rotatable bonds is 3. The first-order valence-electron chi connectivity index (χ1n) is 5.01. The second-order valence-electron chi connectivity index (χ2n) is 3.55. The van der Waals surface area contributed by atoms with Crippen LogP contribution in [0.5, 0.6) is 5.75 Å². The second kappa shape index (κ2) is 4.22. The van der Waals surface area contributed by atoms with Gasteiger partial charge in [-0.15, -0.1) is 6.42 Å². The minimum absolute atomic E-state index is 0.186. The summed E-state index contributed by atoms with van der Waals surface area (Å²) in [6.07, 6.45) is 5.25. The lowest BCUT2D eigenvalue weighted by Gasteiger charge is -2.04. The topological polar surface area (TPSA) is 51.5 Å². The van der Waals surface area contributed by atoms with Crippen molar-refractivity contribution in [3.8, 4) is 18.1 Å². The number of hydrogen-bond acceptors (Lipinski definition) is 2. The third-order valence-corrected chi connectivity index (χ3v) is 2.58. The van der Waals surface area contributed by atoms with Gasteiger partial charge in [0.05, 0.1) is 13.7 Å². The standard InChI is InChI=1S/C13H11NO3/c1-3-6-14-11-5-4-10(17-2)7-9(11)8-12(14)13(15)16/h1,4-5,7-8H,6H2,2H3,(H,15,16). The van der Waals surface area contributed by atoms with Gasteiger partial charge >= 0.3 is 5.97 Å². The van der Waals surface area contributed by atoms with Gasteiger partial charge in [-0.2, -0.15) is 0 Å². The molecular formula is C13H11NO3. The Morgan fingerprint density at radius 1 is 1.53 bits per heavy atom. The molecule has 4 heteroatoms. The van der Waals surface area contributed by atoms with Gasteiger partial charge in [0.15, 0.2) is 0 Å². The Morgan fingerprint density at radius 3 is 2.88 bits per heavy atom. The molecule has 0 saturated heterocycles. The fraction of sp³-hybridized carbons (Fsp3) is 0.154. The number of aromatic carboxylic acids is 1. The number of aromatic nitrogens is 1. The highest BCUT2D eigenvalue weighted by Gasteiger charge is 2.14. The van der Waals surface area contributed by atoms with Crippen LogP contribution in [0, 0.1) is 12.3 Å². The number of carboxylic acids is 1. The van der Waals surface area contributed by atoms with Gasteiger partial charge in [0.1, 0.15) is 11.4 Å². The van der Waals surface area contributed by atoms with E-state index in [9.17, 15) is 4.79 Å². The Kier molecular flexibility index (Phi) is 2.75. The number of benzene rings is 1. The fourth-order valence-corrected chi connectivity index (χ4v) is 1.81. The Bertz CT molecular complexity index is 619. The van der Waals surface area contributed by atoms with Crippen molar-refractivity contribution in [2.75, 3.05) is 7.11 Å². The maximum Gasteiger partial charge on any atom is 0.352 e. The van der Waals surface area contributed by atoms with Crippen molar-refractivity contribution in [3.63, 3.8) is 0 Å². The first-order valence-corrected chi connectivity index (χ1v) is 5.01. The molecule has 0 aliphatic carbocycles. The zero-order chi connectivity index (χ0) is 12.4. The van der Waals surface area contributed by atoms with Crippen molar-refractivity contribution in [1.29, 1.82) is 0 Å². The molecule has 17 heavy (non-hydrogen) atoms. The van der Waals surface area contributed by atoms with E-state index in [2.05, 4.69) is 5.92 Å². The van der Waals surface area contributed by atoms with Crippen molar-refractivity contribution in [2.45, 2.75) is 6.54 Å². The van der Waals surface area contributed by atoms with E-state index in [1.54, 1.807) is 35.9 Å². The normalized spacial score (nSPS) is 10.1. The second-order valence-corrected chi connectivity index (χ2v) is 3.55. The van der Waals surface area contributed by atoms with E-state index in [1.807, 2.05) is 0 Å². The highest BCUT2D eigenvalue weighted by atomic mass is 16.5. The van der Waals surface area contributed by atoms with E-state index in [0.29, 0.717) is 5.75 Å². The Labute approximate surface area is 98.4 Å². The van der Waals surface area contributed by atoms with Gasteiger partial charge in [-0.1, -0.05) is 5.92 Å². The minimum atomic E-state index is -0.990. The molecule has 86 valence electrons. The maximum absolute atomic E-state index is 11.1. The summed E-state index contributed by atoms with van der Waals surface area (Å²) in [4.78, 5) is 11.1. The number of carboxylic acid groups (broad SMARTS) is 1. The Hall–Kier alpha value is -2.41. The fourth-order valence-electron chi connectivity index (χ4n) is 1.81. The smallest absolute Gasteiger partial charge is 0.352 e. The predicted molar refractivity (Wildman–Crippen MR) is 64.3 cm³/mol. The van der Waals surface area contributed by atoms with Gasteiger partial charge in [-0.3, -0.25) is 0 Å². The molecule has 1 aromatic carbocycles. The van der Waals surface area contributed by atoms with Crippen molar-refractivity contribution in [1.82, 2.24) is 4.57 Å². The van der Waals surface area contributed by atoms with Crippen molar-refractivity contribution in [3.05, 3.63) is 30.0 Å². The lowest BCUT2D eigenvalue weighted by atomic mass is 10.2. The number of ether oxygens (including phenoxy) is 1. The molecule has 2 aromatic rings. The van der Waals surface area contributed by atoms with Crippen molar-refractivity contribution in [2.24, 2.45) is 0 Å². The average molecular weight is 229 g/mol. The molecule has 0 spiro atoms. The molecule has 0 radical (unpaired) electrons. The summed E-state index contributed by atoms with van der Waals surface area (Å²) < 4.78 is 6.69. The van der Waals surface area contributed by atoms with Crippen LogP contribution in [-0.2, 0) is 6.54 Å². The molecule has 0 bridgehead atoms. The molecule has 1 aromatic heterocycles. The molecule has 0 fully saturated rings. The molecule has 2 rings (SSSR count). The van der Waals surface area contributed by atoms with Gasteiger partial charge in [-0.05, 0) is 24.3 Å². The lowest BCUT2D eigenvalue weighted by Crippen LogP contribution is -2.07. The van der Waals surface area contributed by atoms with Crippen molar-refractivity contribution < 1.29 is 14.6 Å². The molecule has 1 N–H and O–H groups in total. The van der Waals surface area contributed by atoms with E-state index in [4.69, 9.17) is 16.3 Å². The summed E-state index contributed by atoms with van der Waals surface area (Å²) in [5, 5.41) is 9.90. The van der Waals surface area contributed by atoms with Crippen LogP contribution < -0.4 is 4.74 Å². The van der Waals surface area contributed by atoms with Crippen LogP contribution in [0.2, 0.25) is 0 Å². The average Bonchev–Trinajstić information content (AvgIpc) is 2.68. The zero-order valence-electron chi connectivity index (χ0n) is 9.30. The number of hydrogen-bond donors (Lipinski definition) is 1. The largest absolute Gasteiger partial charge is 0.497 e. The van der Waals surface area contributed by atoms with Gasteiger partial charge in [0.2, 0.25) is 0 Å². The number of terminal acetylenes is 1. The van der Waals surface area contributed by atoms with Gasteiger partial charge in [0.25, 0.3) is 0 Å². The quantitative estimate of drug-likeness (QED) is 0.819. The van der Waals surface area contributed by atoms with E-state index in [1.165, 1.54) is 0 Å². The molecule has 0 atom stereocenters. The Morgan fingerprint density at radius 2 is 2.29 bits per heavy atom. The third-order valence-electron chi connectivity index (χ3n) is 2.58. The van der Waals surface area contributed by atoms with Crippen LogP contribution in [0.1, 0.15) is 10.5 Å². The van der Waals surface area contributed by atoms with Gasteiger partial charge in [0, 0.05) is 10.9 Å². The first-order chi connectivity index (χ1) is 8.17. The lowest BCUT2D eigenvalue weighted by molar-refractivity contribution is 0.0686. The summed E-state index contributed by atoms with van der Waals surface area (Å²) in [5.41, 5.74) is 0.979. The summed E-state index contributed by atoms with van der Waals surface area (Å²) in [5.74, 6) is 2.15. The molecule has 0 aliphatic heterocycles. The number of fused-ring (bicyclic) bond motifs is 1. The van der Waals surface area contributed by atoms with E-state index >= 15 is 0 Å². The third kappa shape index (κ3) is 1.83. The van der Waals surface area contributed by atoms with Crippen LogP contribution in [0.4, 0.5) is 0 Å². The Balaban J connectivity index is 2.70. The van der Waals surface area contributed by atoms with Crippen LogP contribution in [0.25, 0.3) is 10.9 Å². The summed E-state index contributed by atoms with van der Waals surface area (Å²) in [6, 6.07) is 6.96. The van der Waals surface area contributed by atoms with Crippen LogP contribution >= 0.6 is 0 Å². The van der Waals surface area contributed by atoms with Crippen LogP contribution in [-0.4, -0.2) is 22.8 Å². The van der Waals surface area contributed by atoms with Crippen LogP contribution in [0.15, 0.2) is 24.3 Å². The SMILES string of the molecule is C#CCn1c(C(=O)O)cc2cc(OC)ccc21. The van der Waals surface area contributed by atoms with Crippen molar-refractivity contribution >= 4 is 16.9 Å². The van der Waals surface area contributed by atoms with Gasteiger partial charge in [-0.25, -0.2) is 4.79 Å². The number of carbonyl (C=O) groups is 1. The molecule has 0 saturated carbocycles. The summed E-state index contributed by atoms with van der Waals surface area (Å²) >= 11 is 0. The molecule has 0 aliphatic rings. The van der Waals surface area contributed by atoms with E-state index in [-0.39, 0.29) is 12.2 Å². The van der Waals surface area contributed by atoms with E-state index < -0.39 is 5.97 Å². The molecule has 1 heterocycles. The van der Waals surface area contributed by atoms with Crippen LogP contribution in [0.3, 0.4) is 0 Å². The summed E-state index contributed by atoms with van der Waals surface area (Å²) in [7, 11) is 1.57. The molecular weight excluding hydrogens is 218 g/mol. The highest BCUT2D eigenvalue weighted by Crippen LogP contribution is 2.24. The number of nitrogens with zero attached hydrogens (tertiary/aromatic N) is 1. The van der Waals surface area contributed by atoms with Gasteiger partial charge < -0.3 is 14.4 Å². The monoisotopic (exact) mass is 229 g/mol. The molecule has 0 amide bonds. The summed E-state index contributed by atoms with van der Waals surface area (Å²) in [6.45, 7) is 0.234. The molecule has 4 nitrogen and oxygen atoms in total. The predicted octanol–water partition coefficient (Wildman–Crippen LogP) is 1.98. The maximum atomic E-state index is 11.1. The minimum Gasteiger partial charge on any atom is -0.497 e. The van der Waals surface area contributed by atoms with E-state index in [0.717, 1.165) is 10.9 Å². The highest BCUT2D eigenvalue weighted by molar-refractivity contribution is 5.95. The zero-order valence-corrected chi connectivity index (χ0v) is 9.30.